The van der Waals surface area contributed by atoms with E-state index in [2.05, 4.69) is 19.2 Å². The zero-order chi connectivity index (χ0) is 12.7. The molecule has 0 aliphatic rings. The van der Waals surface area contributed by atoms with E-state index in [0.29, 0.717) is 12.5 Å². The predicted octanol–water partition coefficient (Wildman–Crippen LogP) is 1.03. The lowest BCUT2D eigenvalue weighted by Gasteiger charge is -2.16. The molecule has 1 amide bonds. The molecule has 16 heavy (non-hydrogen) atoms. The monoisotopic (exact) mass is 231 g/mol. The third kappa shape index (κ3) is 6.40. The topological polar surface area (TPSA) is 75.6 Å². The molecule has 0 aromatic rings. The maximum Gasteiger partial charge on any atom is 0.332 e. The van der Waals surface area contributed by atoms with Crippen molar-refractivity contribution in [2.45, 2.75) is 46.3 Å². The van der Waals surface area contributed by atoms with Crippen LogP contribution in [0.15, 0.2) is 0 Å². The molecule has 0 heterocycles. The van der Waals surface area contributed by atoms with Crippen LogP contribution < -0.4 is 5.32 Å². The van der Waals surface area contributed by atoms with Gasteiger partial charge in [-0.15, -0.1) is 0 Å². The number of ether oxygens (including phenoxy) is 1. The summed E-state index contributed by atoms with van der Waals surface area (Å²) >= 11 is 0. The van der Waals surface area contributed by atoms with Gasteiger partial charge in [-0.1, -0.05) is 13.8 Å². The van der Waals surface area contributed by atoms with E-state index in [1.54, 1.807) is 6.92 Å². The second kappa shape index (κ2) is 7.22. The number of aliphatic carboxylic acids is 1. The predicted molar refractivity (Wildman–Crippen MR) is 60.1 cm³/mol. The molecule has 2 unspecified atom stereocenters. The van der Waals surface area contributed by atoms with E-state index in [-0.39, 0.29) is 5.91 Å². The van der Waals surface area contributed by atoms with Crippen LogP contribution in [0.1, 0.15) is 34.1 Å². The van der Waals surface area contributed by atoms with Gasteiger partial charge in [0, 0.05) is 6.54 Å². The van der Waals surface area contributed by atoms with Gasteiger partial charge in [-0.25, -0.2) is 4.79 Å². The number of carboxylic acid groups (broad SMARTS) is 1. The molecule has 0 aromatic heterocycles. The first-order valence-corrected chi connectivity index (χ1v) is 5.50. The standard InChI is InChI=1S/C11H21NO4/c1-7(2)5-6-12-10(13)8(3)16-9(4)11(14)15/h7-9H,5-6H2,1-4H3,(H,12,13)(H,14,15). The van der Waals surface area contributed by atoms with Crippen LogP contribution in [0.3, 0.4) is 0 Å². The van der Waals surface area contributed by atoms with Crippen molar-refractivity contribution in [2.24, 2.45) is 5.92 Å². The van der Waals surface area contributed by atoms with Crippen LogP contribution >= 0.6 is 0 Å². The summed E-state index contributed by atoms with van der Waals surface area (Å²) in [6.07, 6.45) is -0.809. The molecule has 0 aromatic carbocycles. The van der Waals surface area contributed by atoms with Crippen molar-refractivity contribution in [2.75, 3.05) is 6.54 Å². The summed E-state index contributed by atoms with van der Waals surface area (Å²) in [5, 5.41) is 11.3. The van der Waals surface area contributed by atoms with Crippen LogP contribution in [0, 0.1) is 5.92 Å². The van der Waals surface area contributed by atoms with E-state index in [1.807, 2.05) is 0 Å². The fourth-order valence-electron chi connectivity index (χ4n) is 1.05. The summed E-state index contributed by atoms with van der Waals surface area (Å²) in [7, 11) is 0. The number of nitrogens with one attached hydrogen (secondary N) is 1. The van der Waals surface area contributed by atoms with Gasteiger partial charge in [0.15, 0.2) is 6.10 Å². The number of hydrogen-bond acceptors (Lipinski definition) is 3. The summed E-state index contributed by atoms with van der Waals surface area (Å²) in [6.45, 7) is 7.67. The van der Waals surface area contributed by atoms with Gasteiger partial charge in [-0.2, -0.15) is 0 Å². The third-order valence-corrected chi connectivity index (χ3v) is 2.15. The average molecular weight is 231 g/mol. The Balaban J connectivity index is 3.86. The SMILES string of the molecule is CC(C)CCNC(=O)C(C)OC(C)C(=O)O. The molecule has 0 saturated carbocycles. The van der Waals surface area contributed by atoms with Crippen LogP contribution in [0.5, 0.6) is 0 Å². The summed E-state index contributed by atoms with van der Waals surface area (Å²) in [5.74, 6) is -0.815. The van der Waals surface area contributed by atoms with Crippen molar-refractivity contribution in [1.82, 2.24) is 5.32 Å². The molecule has 5 nitrogen and oxygen atoms in total. The molecule has 2 N–H and O–H groups in total. The van der Waals surface area contributed by atoms with Crippen molar-refractivity contribution in [3.05, 3.63) is 0 Å². The second-order valence-electron chi connectivity index (χ2n) is 4.23. The van der Waals surface area contributed by atoms with Crippen LogP contribution in [0.4, 0.5) is 0 Å². The largest absolute Gasteiger partial charge is 0.479 e. The molecule has 0 fully saturated rings. The Kier molecular flexibility index (Phi) is 6.72. The molecule has 0 bridgehead atoms. The number of hydrogen-bond donors (Lipinski definition) is 2. The summed E-state index contributed by atoms with van der Waals surface area (Å²) in [4.78, 5) is 22.0. The molecular weight excluding hydrogens is 210 g/mol. The first-order valence-electron chi connectivity index (χ1n) is 5.50. The number of rotatable bonds is 7. The molecule has 0 spiro atoms. The van der Waals surface area contributed by atoms with Crippen molar-refractivity contribution in [3.8, 4) is 0 Å². The minimum Gasteiger partial charge on any atom is -0.479 e. The zero-order valence-electron chi connectivity index (χ0n) is 10.3. The van der Waals surface area contributed by atoms with Crippen LogP contribution in [-0.4, -0.2) is 35.7 Å². The minimum atomic E-state index is -1.07. The molecule has 2 atom stereocenters. The fourth-order valence-corrected chi connectivity index (χ4v) is 1.05. The van der Waals surface area contributed by atoms with Gasteiger partial charge in [0.05, 0.1) is 0 Å². The van der Waals surface area contributed by atoms with E-state index in [1.165, 1.54) is 6.92 Å². The average Bonchev–Trinajstić information content (AvgIpc) is 2.16. The first kappa shape index (κ1) is 14.9. The molecule has 0 saturated heterocycles. The Morgan fingerprint density at radius 3 is 2.19 bits per heavy atom. The Morgan fingerprint density at radius 1 is 1.19 bits per heavy atom. The third-order valence-electron chi connectivity index (χ3n) is 2.15. The van der Waals surface area contributed by atoms with Crippen molar-refractivity contribution in [3.63, 3.8) is 0 Å². The summed E-state index contributed by atoms with van der Waals surface area (Å²) in [5.41, 5.74) is 0. The highest BCUT2D eigenvalue weighted by Crippen LogP contribution is 2.00. The zero-order valence-corrected chi connectivity index (χ0v) is 10.3. The van der Waals surface area contributed by atoms with Gasteiger partial charge in [0.2, 0.25) is 5.91 Å². The van der Waals surface area contributed by atoms with E-state index in [4.69, 9.17) is 9.84 Å². The van der Waals surface area contributed by atoms with Crippen molar-refractivity contribution in [1.29, 1.82) is 0 Å². The second-order valence-corrected chi connectivity index (χ2v) is 4.23. The first-order chi connectivity index (χ1) is 7.34. The Morgan fingerprint density at radius 2 is 1.75 bits per heavy atom. The number of carboxylic acids is 1. The maximum atomic E-state index is 11.5. The molecule has 0 rings (SSSR count). The number of carbonyl (C=O) groups excluding carboxylic acids is 1. The molecule has 0 aliphatic heterocycles. The lowest BCUT2D eigenvalue weighted by molar-refractivity contribution is -0.155. The Hall–Kier alpha value is -1.10. The van der Waals surface area contributed by atoms with Gasteiger partial charge in [-0.3, -0.25) is 4.79 Å². The van der Waals surface area contributed by atoms with E-state index in [9.17, 15) is 9.59 Å². The molecule has 94 valence electrons. The molecule has 0 radical (unpaired) electrons. The van der Waals surface area contributed by atoms with Crippen LogP contribution in [-0.2, 0) is 14.3 Å². The smallest absolute Gasteiger partial charge is 0.332 e. The highest BCUT2D eigenvalue weighted by Gasteiger charge is 2.20. The quantitative estimate of drug-likeness (QED) is 0.686. The van der Waals surface area contributed by atoms with Crippen LogP contribution in [0.2, 0.25) is 0 Å². The summed E-state index contributed by atoms with van der Waals surface area (Å²) < 4.78 is 5.02. The van der Waals surface area contributed by atoms with Crippen molar-refractivity contribution < 1.29 is 19.4 Å². The normalized spacial score (nSPS) is 14.6. The molecule has 0 aliphatic carbocycles. The van der Waals surface area contributed by atoms with Crippen LogP contribution in [0.25, 0.3) is 0 Å². The lowest BCUT2D eigenvalue weighted by Crippen LogP contribution is -2.38. The molecule has 5 heteroatoms. The van der Waals surface area contributed by atoms with E-state index >= 15 is 0 Å². The van der Waals surface area contributed by atoms with Crippen molar-refractivity contribution >= 4 is 11.9 Å². The Bertz CT molecular complexity index is 240. The van der Waals surface area contributed by atoms with Gasteiger partial charge in [-0.05, 0) is 26.2 Å². The Labute approximate surface area is 96.2 Å². The highest BCUT2D eigenvalue weighted by atomic mass is 16.5. The molecular formula is C11H21NO4. The van der Waals surface area contributed by atoms with Gasteiger partial charge < -0.3 is 15.2 Å². The minimum absolute atomic E-state index is 0.270. The van der Waals surface area contributed by atoms with Gasteiger partial charge in [0.1, 0.15) is 6.10 Å². The maximum absolute atomic E-state index is 11.5. The van der Waals surface area contributed by atoms with Gasteiger partial charge >= 0.3 is 5.97 Å². The number of carbonyl (C=O) groups is 2. The highest BCUT2D eigenvalue weighted by molar-refractivity contribution is 5.81. The van der Waals surface area contributed by atoms with Gasteiger partial charge in [0.25, 0.3) is 0 Å². The fraction of sp³-hybridized carbons (Fsp3) is 0.818. The van der Waals surface area contributed by atoms with E-state index < -0.39 is 18.2 Å². The number of amides is 1. The summed E-state index contributed by atoms with van der Waals surface area (Å²) in [6, 6.07) is 0. The lowest BCUT2D eigenvalue weighted by atomic mass is 10.1. The van der Waals surface area contributed by atoms with E-state index in [0.717, 1.165) is 6.42 Å².